The van der Waals surface area contributed by atoms with Crippen molar-refractivity contribution >= 4 is 34.3 Å². The highest BCUT2D eigenvalue weighted by Gasteiger charge is 2.35. The van der Waals surface area contributed by atoms with Crippen LogP contribution >= 0.6 is 0 Å². The minimum Gasteiger partial charge on any atom is -0.441 e. The molecule has 1 N–H and O–H groups in total. The maximum absolute atomic E-state index is 12.7. The van der Waals surface area contributed by atoms with E-state index in [0.29, 0.717) is 23.5 Å². The molecule has 27 heavy (non-hydrogen) atoms. The largest absolute Gasteiger partial charge is 0.441 e. The molecule has 2 heterocycles. The van der Waals surface area contributed by atoms with Gasteiger partial charge in [-0.25, -0.2) is 4.98 Å². The molecule has 2 aromatic carbocycles. The van der Waals surface area contributed by atoms with Crippen LogP contribution in [-0.4, -0.2) is 23.3 Å². The van der Waals surface area contributed by atoms with Gasteiger partial charge in [0, 0.05) is 31.3 Å². The predicted molar refractivity (Wildman–Crippen MR) is 104 cm³/mol. The standard InChI is InChI=1S/C21H21N3O3/c1-3-14-6-4-5-7-17(14)23-21(26)15-10-20(25)24(12-15)16-8-9-19-18(11-16)22-13(2)27-19/h4-9,11,15H,3,10,12H2,1-2H3,(H,23,26)/t15-/m1/s1. The van der Waals surface area contributed by atoms with Gasteiger partial charge in [0.2, 0.25) is 11.8 Å². The van der Waals surface area contributed by atoms with Gasteiger partial charge >= 0.3 is 0 Å². The monoisotopic (exact) mass is 363 g/mol. The van der Waals surface area contributed by atoms with Gasteiger partial charge in [0.1, 0.15) is 5.52 Å². The van der Waals surface area contributed by atoms with E-state index < -0.39 is 0 Å². The van der Waals surface area contributed by atoms with E-state index in [0.717, 1.165) is 23.4 Å². The van der Waals surface area contributed by atoms with Crippen LogP contribution in [-0.2, 0) is 16.0 Å². The molecule has 1 aliphatic rings. The summed E-state index contributed by atoms with van der Waals surface area (Å²) in [6, 6.07) is 13.2. The number of fused-ring (bicyclic) bond motifs is 1. The molecule has 4 rings (SSSR count). The van der Waals surface area contributed by atoms with Crippen LogP contribution in [0.3, 0.4) is 0 Å². The van der Waals surface area contributed by atoms with Crippen LogP contribution in [0.4, 0.5) is 11.4 Å². The van der Waals surface area contributed by atoms with Gasteiger partial charge in [-0.3, -0.25) is 9.59 Å². The second-order valence-electron chi connectivity index (χ2n) is 6.79. The molecule has 0 aliphatic carbocycles. The number of aryl methyl sites for hydroxylation is 2. The minimum absolute atomic E-state index is 0.0570. The van der Waals surface area contributed by atoms with E-state index in [1.54, 1.807) is 11.8 Å². The number of aromatic nitrogens is 1. The molecule has 138 valence electrons. The number of benzene rings is 2. The van der Waals surface area contributed by atoms with Gasteiger partial charge in [-0.1, -0.05) is 25.1 Å². The highest BCUT2D eigenvalue weighted by molar-refractivity contribution is 6.04. The molecular weight excluding hydrogens is 342 g/mol. The van der Waals surface area contributed by atoms with Crippen LogP contribution in [0.15, 0.2) is 46.9 Å². The zero-order valence-corrected chi connectivity index (χ0v) is 15.4. The number of amides is 2. The number of nitrogens with zero attached hydrogens (tertiary/aromatic N) is 2. The Hall–Kier alpha value is -3.15. The number of hydrogen-bond donors (Lipinski definition) is 1. The Morgan fingerprint density at radius 1 is 1.30 bits per heavy atom. The number of para-hydroxylation sites is 1. The lowest BCUT2D eigenvalue weighted by atomic mass is 10.1. The van der Waals surface area contributed by atoms with E-state index in [2.05, 4.69) is 10.3 Å². The smallest absolute Gasteiger partial charge is 0.229 e. The molecule has 1 aromatic heterocycles. The Kier molecular flexibility index (Phi) is 4.39. The number of hydrogen-bond acceptors (Lipinski definition) is 4. The van der Waals surface area contributed by atoms with Gasteiger partial charge in [-0.2, -0.15) is 0 Å². The summed E-state index contributed by atoms with van der Waals surface area (Å²) in [5, 5.41) is 2.98. The number of anilines is 2. The van der Waals surface area contributed by atoms with Gasteiger partial charge in [0.05, 0.1) is 5.92 Å². The van der Waals surface area contributed by atoms with Crippen molar-refractivity contribution in [3.63, 3.8) is 0 Å². The summed E-state index contributed by atoms with van der Waals surface area (Å²) in [6.45, 7) is 4.20. The van der Waals surface area contributed by atoms with E-state index in [1.807, 2.05) is 49.4 Å². The van der Waals surface area contributed by atoms with Crippen LogP contribution in [0.1, 0.15) is 24.8 Å². The Labute approximate surface area is 157 Å². The molecule has 1 aliphatic heterocycles. The Bertz CT molecular complexity index is 1020. The zero-order valence-electron chi connectivity index (χ0n) is 15.4. The van der Waals surface area contributed by atoms with E-state index >= 15 is 0 Å². The molecule has 0 spiro atoms. The van der Waals surface area contributed by atoms with Gasteiger partial charge in [-0.05, 0) is 36.2 Å². The van der Waals surface area contributed by atoms with Gasteiger partial charge in [-0.15, -0.1) is 0 Å². The molecule has 6 heteroatoms. The summed E-state index contributed by atoms with van der Waals surface area (Å²) < 4.78 is 5.48. The van der Waals surface area contributed by atoms with Crippen molar-refractivity contribution in [3.8, 4) is 0 Å². The van der Waals surface area contributed by atoms with E-state index in [4.69, 9.17) is 4.42 Å². The number of carbonyl (C=O) groups is 2. The average Bonchev–Trinajstić information content (AvgIpc) is 3.23. The van der Waals surface area contributed by atoms with E-state index in [1.165, 1.54) is 0 Å². The number of nitrogens with one attached hydrogen (secondary N) is 1. The molecule has 0 bridgehead atoms. The Morgan fingerprint density at radius 2 is 2.11 bits per heavy atom. The zero-order chi connectivity index (χ0) is 19.0. The maximum atomic E-state index is 12.7. The SMILES string of the molecule is CCc1ccccc1NC(=O)[C@@H]1CC(=O)N(c2ccc3oc(C)nc3c2)C1. The molecule has 6 nitrogen and oxygen atoms in total. The molecule has 1 fully saturated rings. The molecular formula is C21H21N3O3. The quantitative estimate of drug-likeness (QED) is 0.767. The molecule has 0 saturated carbocycles. The van der Waals surface area contributed by atoms with Gasteiger partial charge in [0.25, 0.3) is 0 Å². The van der Waals surface area contributed by atoms with Crippen molar-refractivity contribution in [1.29, 1.82) is 0 Å². The van der Waals surface area contributed by atoms with Crippen LogP contribution in [0.25, 0.3) is 11.1 Å². The lowest BCUT2D eigenvalue weighted by Gasteiger charge is -2.17. The summed E-state index contributed by atoms with van der Waals surface area (Å²) in [5.74, 6) is 0.0301. The number of carbonyl (C=O) groups excluding carboxylic acids is 2. The second-order valence-corrected chi connectivity index (χ2v) is 6.79. The second kappa shape index (κ2) is 6.87. The van der Waals surface area contributed by atoms with Crippen LogP contribution in [0.5, 0.6) is 0 Å². The van der Waals surface area contributed by atoms with Crippen molar-refractivity contribution < 1.29 is 14.0 Å². The summed E-state index contributed by atoms with van der Waals surface area (Å²) in [5.41, 5.74) is 4.04. The number of rotatable bonds is 4. The highest BCUT2D eigenvalue weighted by atomic mass is 16.3. The van der Waals surface area contributed by atoms with Gasteiger partial charge in [0.15, 0.2) is 11.5 Å². The van der Waals surface area contributed by atoms with Crippen molar-refractivity contribution in [1.82, 2.24) is 4.98 Å². The van der Waals surface area contributed by atoms with E-state index in [-0.39, 0.29) is 24.2 Å². The normalized spacial score (nSPS) is 16.9. The highest BCUT2D eigenvalue weighted by Crippen LogP contribution is 2.29. The first-order valence-electron chi connectivity index (χ1n) is 9.11. The topological polar surface area (TPSA) is 75.4 Å². The number of oxazole rings is 1. The van der Waals surface area contributed by atoms with E-state index in [9.17, 15) is 9.59 Å². The van der Waals surface area contributed by atoms with Crippen molar-refractivity contribution in [2.75, 3.05) is 16.8 Å². The third kappa shape index (κ3) is 3.30. The molecule has 2 amide bonds. The molecule has 0 radical (unpaired) electrons. The molecule has 1 atom stereocenters. The Balaban J connectivity index is 1.51. The first-order valence-corrected chi connectivity index (χ1v) is 9.11. The summed E-state index contributed by atoms with van der Waals surface area (Å²) in [4.78, 5) is 31.2. The van der Waals surface area contributed by atoms with Gasteiger partial charge < -0.3 is 14.6 Å². The predicted octanol–water partition coefficient (Wildman–Crippen LogP) is 3.69. The minimum atomic E-state index is -0.378. The first-order chi connectivity index (χ1) is 13.0. The first kappa shape index (κ1) is 17.3. The van der Waals surface area contributed by atoms with Crippen LogP contribution in [0.2, 0.25) is 0 Å². The fourth-order valence-electron chi connectivity index (χ4n) is 3.52. The molecule has 0 unspecified atom stereocenters. The summed E-state index contributed by atoms with van der Waals surface area (Å²) in [7, 11) is 0. The van der Waals surface area contributed by atoms with Crippen molar-refractivity contribution in [3.05, 3.63) is 53.9 Å². The fourth-order valence-corrected chi connectivity index (χ4v) is 3.52. The fraction of sp³-hybridized carbons (Fsp3) is 0.286. The lowest BCUT2D eigenvalue weighted by Crippen LogP contribution is -2.28. The van der Waals surface area contributed by atoms with Crippen molar-refractivity contribution in [2.24, 2.45) is 5.92 Å². The average molecular weight is 363 g/mol. The molecule has 3 aromatic rings. The summed E-state index contributed by atoms with van der Waals surface area (Å²) >= 11 is 0. The third-order valence-corrected chi connectivity index (χ3v) is 4.94. The Morgan fingerprint density at radius 3 is 2.93 bits per heavy atom. The summed E-state index contributed by atoms with van der Waals surface area (Å²) in [6.07, 6.45) is 1.04. The third-order valence-electron chi connectivity index (χ3n) is 4.94. The molecule has 1 saturated heterocycles. The van der Waals surface area contributed by atoms with Crippen LogP contribution in [0, 0.1) is 12.8 Å². The maximum Gasteiger partial charge on any atom is 0.229 e. The van der Waals surface area contributed by atoms with Crippen molar-refractivity contribution in [2.45, 2.75) is 26.7 Å². The van der Waals surface area contributed by atoms with Crippen LogP contribution < -0.4 is 10.2 Å². The lowest BCUT2D eigenvalue weighted by molar-refractivity contribution is -0.122.